The number of rotatable bonds is 13. The zero-order chi connectivity index (χ0) is 36.3. The van der Waals surface area contributed by atoms with E-state index < -0.39 is 11.6 Å². The van der Waals surface area contributed by atoms with E-state index in [1.807, 2.05) is 40.7 Å². The normalized spacial score (nSPS) is 15.8. The Morgan fingerprint density at radius 1 is 0.620 bits per heavy atom. The molecule has 0 bridgehead atoms. The molecule has 0 unspecified atom stereocenters. The predicted molar refractivity (Wildman–Crippen MR) is 200 cm³/mol. The van der Waals surface area contributed by atoms with Crippen LogP contribution < -0.4 is 9.80 Å². The fourth-order valence-corrected chi connectivity index (χ4v) is 7.39. The number of carbonyl (C=O) groups excluding carboxylic acids is 2. The van der Waals surface area contributed by atoms with Gasteiger partial charge in [0.15, 0.2) is 5.78 Å². The Morgan fingerprint density at radius 2 is 1.14 bits per heavy atom. The number of carbonyl (C=O) groups is 2. The molecule has 0 fully saturated rings. The van der Waals surface area contributed by atoms with Gasteiger partial charge < -0.3 is 30.2 Å². The lowest BCUT2D eigenvalue weighted by atomic mass is 9.79. The van der Waals surface area contributed by atoms with Gasteiger partial charge in [0.05, 0.1) is 11.1 Å². The summed E-state index contributed by atoms with van der Waals surface area (Å²) in [5, 5.41) is 41.2. The number of aliphatic hydroxyl groups excluding tert-OH is 3. The molecule has 0 aromatic heterocycles. The first kappa shape index (κ1) is 36.4. The van der Waals surface area contributed by atoms with E-state index in [-0.39, 0.29) is 47.0 Å². The maximum atomic E-state index is 13.6. The van der Waals surface area contributed by atoms with Crippen molar-refractivity contribution in [3.8, 4) is 5.75 Å². The third kappa shape index (κ3) is 7.18. The van der Waals surface area contributed by atoms with Crippen molar-refractivity contribution in [2.75, 3.05) is 36.1 Å². The van der Waals surface area contributed by atoms with Gasteiger partial charge in [0.2, 0.25) is 5.78 Å². The number of phenolic OH excluding ortho intramolecular Hbond substituents is 1. The monoisotopic (exact) mass is 676 g/mol. The summed E-state index contributed by atoms with van der Waals surface area (Å²) in [5.74, 6) is -1.39. The molecule has 3 aromatic rings. The van der Waals surface area contributed by atoms with Gasteiger partial charge in [0, 0.05) is 72.3 Å². The van der Waals surface area contributed by atoms with Crippen LogP contribution in [0.5, 0.6) is 5.75 Å². The van der Waals surface area contributed by atoms with E-state index in [1.165, 1.54) is 6.08 Å². The molecule has 8 heteroatoms. The third-order valence-electron chi connectivity index (χ3n) is 9.43. The molecule has 262 valence electrons. The fraction of sp³-hybridized carbons (Fsp3) is 0.333. The number of nitrogens with zero attached hydrogens (tertiary/aromatic N) is 2. The number of Topliss-reactive ketones (excluding diaryl/α,β-unsaturated/α-hetero) is 1. The second-order valence-corrected chi connectivity index (χ2v) is 13.5. The van der Waals surface area contributed by atoms with Crippen LogP contribution in [0.1, 0.15) is 64.6 Å². The minimum atomic E-state index is -0.509. The lowest BCUT2D eigenvalue weighted by molar-refractivity contribution is -0.114. The molecule has 0 saturated carbocycles. The molecule has 5 rings (SSSR count). The number of aliphatic hydroxyl groups is 3. The Balaban J connectivity index is 1.46. The number of aromatic hydroxyl groups is 1. The largest absolute Gasteiger partial charge is 0.507 e. The van der Waals surface area contributed by atoms with E-state index in [1.54, 1.807) is 24.3 Å². The first-order chi connectivity index (χ1) is 23.9. The molecule has 0 heterocycles. The highest BCUT2D eigenvalue weighted by atomic mass is 16.3. The smallest absolute Gasteiger partial charge is 0.202 e. The van der Waals surface area contributed by atoms with E-state index in [0.717, 1.165) is 63.3 Å². The van der Waals surface area contributed by atoms with Crippen molar-refractivity contribution in [2.45, 2.75) is 67.2 Å². The van der Waals surface area contributed by atoms with Gasteiger partial charge in [-0.15, -0.1) is 0 Å². The van der Waals surface area contributed by atoms with Gasteiger partial charge in [0.25, 0.3) is 0 Å². The molecule has 4 N–H and O–H groups in total. The number of anilines is 3. The Labute approximate surface area is 295 Å². The van der Waals surface area contributed by atoms with Crippen LogP contribution in [0.4, 0.5) is 17.1 Å². The molecule has 2 aliphatic rings. The maximum Gasteiger partial charge on any atom is 0.202 e. The maximum absolute atomic E-state index is 13.6. The fourth-order valence-electron chi connectivity index (χ4n) is 7.39. The van der Waals surface area contributed by atoms with E-state index in [2.05, 4.69) is 41.0 Å². The van der Waals surface area contributed by atoms with Gasteiger partial charge in [-0.3, -0.25) is 9.59 Å². The van der Waals surface area contributed by atoms with Gasteiger partial charge in [-0.1, -0.05) is 35.4 Å². The molecule has 2 aliphatic carbocycles. The average Bonchev–Trinajstić information content (AvgIpc) is 3.04. The molecule has 0 amide bonds. The van der Waals surface area contributed by atoms with Crippen LogP contribution in [0.25, 0.3) is 5.57 Å². The Kier molecular flexibility index (Phi) is 11.1. The summed E-state index contributed by atoms with van der Waals surface area (Å²) in [5.41, 5.74) is 10.2. The van der Waals surface area contributed by atoms with Crippen LogP contribution in [-0.2, 0) is 9.59 Å². The minimum absolute atomic E-state index is 0.0291. The number of benzene rings is 3. The predicted octanol–water partition coefficient (Wildman–Crippen LogP) is 7.60. The molecule has 0 saturated heterocycles. The summed E-state index contributed by atoms with van der Waals surface area (Å²) in [6.45, 7) is 13.6. The first-order valence-corrected chi connectivity index (χ1v) is 17.3. The summed E-state index contributed by atoms with van der Waals surface area (Å²) >= 11 is 0. The molecular weight excluding hydrogens is 628 g/mol. The van der Waals surface area contributed by atoms with E-state index in [4.69, 9.17) is 0 Å². The lowest BCUT2D eigenvalue weighted by Gasteiger charge is -2.31. The molecule has 50 heavy (non-hydrogen) atoms. The highest BCUT2D eigenvalue weighted by Gasteiger charge is 2.40. The summed E-state index contributed by atoms with van der Waals surface area (Å²) in [6.07, 6.45) is 7.56. The standard InChI is InChI=1S/C42H48N2O6/c1-25-19-27(3)39(28(4)20-25)43(15-7-9-17-45)31-11-13-33(35(47)23-31)37-41(49)38(42(37)50)34-14-12-32(24-36(34)48)44(16-8-10-18-46)40-29(5)21-26(2)22-30(40)6/h11-14,19-24,45-47,49H,7-10,15-18H2,1-6H3/b38-34+. The van der Waals surface area contributed by atoms with Gasteiger partial charge in [-0.2, -0.15) is 0 Å². The average molecular weight is 677 g/mol. The van der Waals surface area contributed by atoms with Crippen molar-refractivity contribution in [3.05, 3.63) is 122 Å². The third-order valence-corrected chi connectivity index (χ3v) is 9.43. The Hall–Kier alpha value is -4.92. The van der Waals surface area contributed by atoms with E-state index in [0.29, 0.717) is 31.6 Å². The Morgan fingerprint density at radius 3 is 1.62 bits per heavy atom. The van der Waals surface area contributed by atoms with Gasteiger partial charge >= 0.3 is 0 Å². The zero-order valence-electron chi connectivity index (χ0n) is 29.9. The van der Waals surface area contributed by atoms with Crippen LogP contribution in [0.15, 0.2) is 83.3 Å². The Bertz CT molecular complexity index is 1920. The summed E-state index contributed by atoms with van der Waals surface area (Å²) < 4.78 is 0. The van der Waals surface area contributed by atoms with Crippen molar-refractivity contribution < 1.29 is 30.0 Å². The summed E-state index contributed by atoms with van der Waals surface area (Å²) in [6, 6.07) is 13.4. The SMILES string of the molecule is Cc1cc(C)c(N(CCCCO)C2=CC(=O)/C(=C3/C(=O)C(c4ccc(N(CCCCO)c5c(C)cc(C)cc5C)cc4O)=C3O)C=C2)c(C)c1. The van der Waals surface area contributed by atoms with Gasteiger partial charge in [-0.05, 0) is 114 Å². The van der Waals surface area contributed by atoms with Crippen LogP contribution in [0.2, 0.25) is 0 Å². The van der Waals surface area contributed by atoms with Crippen LogP contribution >= 0.6 is 0 Å². The molecule has 0 aliphatic heterocycles. The highest BCUT2D eigenvalue weighted by Crippen LogP contribution is 2.44. The second kappa shape index (κ2) is 15.3. The molecule has 8 nitrogen and oxygen atoms in total. The number of hydrogen-bond acceptors (Lipinski definition) is 8. The summed E-state index contributed by atoms with van der Waals surface area (Å²) in [4.78, 5) is 31.3. The lowest BCUT2D eigenvalue weighted by Crippen LogP contribution is -2.29. The molecule has 0 spiro atoms. The van der Waals surface area contributed by atoms with Crippen molar-refractivity contribution in [1.82, 2.24) is 0 Å². The quantitative estimate of drug-likeness (QED) is 0.108. The van der Waals surface area contributed by atoms with Gasteiger partial charge in [0.1, 0.15) is 11.5 Å². The highest BCUT2D eigenvalue weighted by molar-refractivity contribution is 6.41. The van der Waals surface area contributed by atoms with Crippen molar-refractivity contribution in [3.63, 3.8) is 0 Å². The molecule has 0 radical (unpaired) electrons. The number of hydrogen-bond donors (Lipinski definition) is 4. The molecule has 0 atom stereocenters. The number of phenols is 1. The number of allylic oxidation sites excluding steroid dienone is 6. The van der Waals surface area contributed by atoms with Crippen LogP contribution in [-0.4, -0.2) is 58.3 Å². The van der Waals surface area contributed by atoms with E-state index >= 15 is 0 Å². The molecule has 3 aromatic carbocycles. The number of ketones is 2. The van der Waals surface area contributed by atoms with Gasteiger partial charge in [-0.25, -0.2) is 0 Å². The second-order valence-electron chi connectivity index (χ2n) is 13.5. The van der Waals surface area contributed by atoms with E-state index in [9.17, 15) is 30.0 Å². The van der Waals surface area contributed by atoms with Crippen molar-refractivity contribution in [2.24, 2.45) is 0 Å². The topological polar surface area (TPSA) is 122 Å². The van der Waals surface area contributed by atoms with Crippen LogP contribution in [0, 0.1) is 41.5 Å². The van der Waals surface area contributed by atoms with Crippen molar-refractivity contribution >= 4 is 34.2 Å². The molecular formula is C42H48N2O6. The van der Waals surface area contributed by atoms with Crippen LogP contribution in [0.3, 0.4) is 0 Å². The summed E-state index contributed by atoms with van der Waals surface area (Å²) in [7, 11) is 0. The van der Waals surface area contributed by atoms with Crippen molar-refractivity contribution in [1.29, 1.82) is 0 Å². The first-order valence-electron chi connectivity index (χ1n) is 17.3. The zero-order valence-corrected chi connectivity index (χ0v) is 29.9. The number of unbranched alkanes of at least 4 members (excludes halogenated alkanes) is 2. The minimum Gasteiger partial charge on any atom is -0.507 e. The number of aryl methyl sites for hydroxylation is 6.